The molecule has 0 bridgehead atoms. The monoisotopic (exact) mass is 303 g/mol. The largest absolute Gasteiger partial charge is 0.494 e. The summed E-state index contributed by atoms with van der Waals surface area (Å²) >= 11 is 0. The van der Waals surface area contributed by atoms with Crippen LogP contribution < -0.4 is 10.1 Å². The third-order valence-corrected chi connectivity index (χ3v) is 3.29. The van der Waals surface area contributed by atoms with Gasteiger partial charge in [0.15, 0.2) is 0 Å². The lowest BCUT2D eigenvalue weighted by molar-refractivity contribution is 0.0323. The number of aryl methyl sites for hydroxylation is 1. The molecule has 0 fully saturated rings. The highest BCUT2D eigenvalue weighted by Gasteiger charge is 2.27. The highest BCUT2D eigenvalue weighted by Crippen LogP contribution is 2.22. The zero-order chi connectivity index (χ0) is 16.2. The maximum absolute atomic E-state index is 12.1. The van der Waals surface area contributed by atoms with Crippen molar-refractivity contribution < 1.29 is 19.1 Å². The van der Waals surface area contributed by atoms with E-state index >= 15 is 0 Å². The number of hydrogen-bond donors (Lipinski definition) is 2. The van der Waals surface area contributed by atoms with Crippen LogP contribution >= 0.6 is 0 Å². The van der Waals surface area contributed by atoms with Gasteiger partial charge in [-0.2, -0.15) is 0 Å². The lowest BCUT2D eigenvalue weighted by atomic mass is 10.0. The molecule has 1 unspecified atom stereocenters. The van der Waals surface area contributed by atoms with E-state index < -0.39 is 5.60 Å². The second-order valence-electron chi connectivity index (χ2n) is 5.32. The number of carbonyl (C=O) groups is 1. The molecule has 0 aliphatic rings. The summed E-state index contributed by atoms with van der Waals surface area (Å²) in [5.41, 5.74) is -0.746. The summed E-state index contributed by atoms with van der Waals surface area (Å²) in [7, 11) is 0. The zero-order valence-corrected chi connectivity index (χ0v) is 13.1. The van der Waals surface area contributed by atoms with Crippen molar-refractivity contribution in [1.29, 1.82) is 0 Å². The fourth-order valence-electron chi connectivity index (χ4n) is 2.03. The van der Waals surface area contributed by atoms with Gasteiger partial charge in [-0.3, -0.25) is 4.79 Å². The van der Waals surface area contributed by atoms with Gasteiger partial charge in [0, 0.05) is 5.56 Å². The van der Waals surface area contributed by atoms with Crippen LogP contribution in [0.25, 0.3) is 0 Å². The van der Waals surface area contributed by atoms with Crippen molar-refractivity contribution in [3.05, 3.63) is 53.5 Å². The molecule has 0 aliphatic carbocycles. The molecular weight excluding hydrogens is 282 g/mol. The Bertz CT molecular complexity index is 628. The molecule has 1 aromatic carbocycles. The van der Waals surface area contributed by atoms with Crippen LogP contribution in [0.5, 0.6) is 5.75 Å². The molecule has 1 atom stereocenters. The Balaban J connectivity index is 1.97. The van der Waals surface area contributed by atoms with Crippen molar-refractivity contribution in [1.82, 2.24) is 5.32 Å². The lowest BCUT2D eigenvalue weighted by Gasteiger charge is -2.21. The van der Waals surface area contributed by atoms with Crippen LogP contribution in [0.15, 0.2) is 40.8 Å². The van der Waals surface area contributed by atoms with Crippen molar-refractivity contribution in [3.8, 4) is 5.75 Å². The first-order chi connectivity index (χ1) is 10.4. The number of amides is 1. The first-order valence-electron chi connectivity index (χ1n) is 7.23. The van der Waals surface area contributed by atoms with Crippen molar-refractivity contribution >= 4 is 5.91 Å². The standard InChI is InChI=1S/C17H21NO4/c1-4-21-14-8-6-13(7-9-14)16(19)18-11-17(3,20)15-10-5-12(2)22-15/h5-10,20H,4,11H2,1-3H3,(H,18,19). The number of nitrogens with one attached hydrogen (secondary N) is 1. The average molecular weight is 303 g/mol. The molecule has 0 spiro atoms. The number of hydrogen-bond acceptors (Lipinski definition) is 4. The van der Waals surface area contributed by atoms with Gasteiger partial charge in [0.2, 0.25) is 0 Å². The summed E-state index contributed by atoms with van der Waals surface area (Å²) in [6, 6.07) is 10.3. The Morgan fingerprint density at radius 3 is 2.50 bits per heavy atom. The zero-order valence-electron chi connectivity index (χ0n) is 13.1. The van der Waals surface area contributed by atoms with E-state index in [-0.39, 0.29) is 12.5 Å². The normalized spacial score (nSPS) is 13.5. The molecule has 5 nitrogen and oxygen atoms in total. The second-order valence-corrected chi connectivity index (χ2v) is 5.32. The first-order valence-corrected chi connectivity index (χ1v) is 7.23. The highest BCUT2D eigenvalue weighted by molar-refractivity contribution is 5.94. The SMILES string of the molecule is CCOc1ccc(C(=O)NCC(C)(O)c2ccc(C)o2)cc1. The number of ether oxygens (including phenoxy) is 1. The predicted molar refractivity (Wildman–Crippen MR) is 83.0 cm³/mol. The third kappa shape index (κ3) is 3.89. The van der Waals surface area contributed by atoms with Crippen LogP contribution in [-0.2, 0) is 5.60 Å². The Hall–Kier alpha value is -2.27. The highest BCUT2D eigenvalue weighted by atomic mass is 16.5. The van der Waals surface area contributed by atoms with E-state index in [1.54, 1.807) is 50.2 Å². The lowest BCUT2D eigenvalue weighted by Crippen LogP contribution is -2.38. The van der Waals surface area contributed by atoms with Gasteiger partial charge in [-0.15, -0.1) is 0 Å². The van der Waals surface area contributed by atoms with E-state index in [2.05, 4.69) is 5.32 Å². The molecule has 0 saturated carbocycles. The topological polar surface area (TPSA) is 71.7 Å². The van der Waals surface area contributed by atoms with E-state index in [4.69, 9.17) is 9.15 Å². The van der Waals surface area contributed by atoms with Crippen LogP contribution in [0.4, 0.5) is 0 Å². The van der Waals surface area contributed by atoms with Gasteiger partial charge < -0.3 is 19.6 Å². The number of benzene rings is 1. The third-order valence-electron chi connectivity index (χ3n) is 3.29. The molecule has 2 aromatic rings. The summed E-state index contributed by atoms with van der Waals surface area (Å²) in [5.74, 6) is 1.61. The average Bonchev–Trinajstić information content (AvgIpc) is 2.93. The van der Waals surface area contributed by atoms with Gasteiger partial charge in [0.25, 0.3) is 5.91 Å². The summed E-state index contributed by atoms with van der Waals surface area (Å²) in [4.78, 5) is 12.1. The van der Waals surface area contributed by atoms with Crippen molar-refractivity contribution in [2.75, 3.05) is 13.2 Å². The fraction of sp³-hybridized carbons (Fsp3) is 0.353. The van der Waals surface area contributed by atoms with E-state index in [1.165, 1.54) is 0 Å². The summed E-state index contributed by atoms with van der Waals surface area (Å²) in [6.07, 6.45) is 0. The maximum atomic E-state index is 12.1. The smallest absolute Gasteiger partial charge is 0.251 e. The van der Waals surface area contributed by atoms with Gasteiger partial charge in [-0.05, 0) is 57.2 Å². The van der Waals surface area contributed by atoms with E-state index in [0.29, 0.717) is 23.7 Å². The molecule has 0 aliphatic heterocycles. The van der Waals surface area contributed by atoms with Crippen molar-refractivity contribution in [2.45, 2.75) is 26.4 Å². The van der Waals surface area contributed by atoms with Gasteiger partial charge >= 0.3 is 0 Å². The second kappa shape index (κ2) is 6.66. The Morgan fingerprint density at radius 2 is 1.95 bits per heavy atom. The molecule has 118 valence electrons. The minimum Gasteiger partial charge on any atom is -0.494 e. The number of carbonyl (C=O) groups excluding carboxylic acids is 1. The number of aliphatic hydroxyl groups is 1. The van der Waals surface area contributed by atoms with Gasteiger partial charge in [0.1, 0.15) is 22.9 Å². The minimum atomic E-state index is -1.25. The van der Waals surface area contributed by atoms with E-state index in [0.717, 1.165) is 5.75 Å². The fourth-order valence-corrected chi connectivity index (χ4v) is 2.03. The molecule has 0 saturated heterocycles. The first kappa shape index (κ1) is 16.1. The van der Waals surface area contributed by atoms with E-state index in [1.807, 2.05) is 6.92 Å². The molecule has 1 amide bonds. The molecule has 2 N–H and O–H groups in total. The van der Waals surface area contributed by atoms with Gasteiger partial charge in [-0.25, -0.2) is 0 Å². The molecule has 22 heavy (non-hydrogen) atoms. The van der Waals surface area contributed by atoms with Crippen LogP contribution in [0, 0.1) is 6.92 Å². The maximum Gasteiger partial charge on any atom is 0.251 e. The molecular formula is C17H21NO4. The van der Waals surface area contributed by atoms with Crippen LogP contribution in [-0.4, -0.2) is 24.2 Å². The van der Waals surface area contributed by atoms with Gasteiger partial charge in [-0.1, -0.05) is 0 Å². The van der Waals surface area contributed by atoms with Crippen LogP contribution in [0.3, 0.4) is 0 Å². The summed E-state index contributed by atoms with van der Waals surface area (Å²) in [5, 5.41) is 13.1. The molecule has 1 heterocycles. The predicted octanol–water partition coefficient (Wildman–Crippen LogP) is 2.62. The molecule has 5 heteroatoms. The van der Waals surface area contributed by atoms with Crippen molar-refractivity contribution in [3.63, 3.8) is 0 Å². The van der Waals surface area contributed by atoms with Crippen LogP contribution in [0.2, 0.25) is 0 Å². The number of rotatable bonds is 6. The van der Waals surface area contributed by atoms with Crippen LogP contribution in [0.1, 0.15) is 35.7 Å². The minimum absolute atomic E-state index is 0.0615. The molecule has 1 aromatic heterocycles. The molecule has 0 radical (unpaired) electrons. The van der Waals surface area contributed by atoms with Crippen molar-refractivity contribution in [2.24, 2.45) is 0 Å². The summed E-state index contributed by atoms with van der Waals surface area (Å²) < 4.78 is 10.7. The number of furan rings is 1. The molecule has 2 rings (SSSR count). The quantitative estimate of drug-likeness (QED) is 0.860. The Labute approximate surface area is 129 Å². The van der Waals surface area contributed by atoms with E-state index in [9.17, 15) is 9.90 Å². The Morgan fingerprint density at radius 1 is 1.27 bits per heavy atom. The Kier molecular flexibility index (Phi) is 4.88. The van der Waals surface area contributed by atoms with Gasteiger partial charge in [0.05, 0.1) is 13.2 Å². The summed E-state index contributed by atoms with van der Waals surface area (Å²) in [6.45, 7) is 5.95.